The number of aromatic nitrogens is 3. The minimum Gasteiger partial charge on any atom is -0.430 e. The number of hydrogen-bond donors (Lipinski definition) is 1. The lowest BCUT2D eigenvalue weighted by Gasteiger charge is -1.83. The molecule has 0 aromatic carbocycles. The first kappa shape index (κ1) is 10.9. The number of hydrogen-bond acceptors (Lipinski definition) is 2. The zero-order valence-corrected chi connectivity index (χ0v) is 8.51. The predicted molar refractivity (Wildman–Crippen MR) is 47.0 cm³/mol. The van der Waals surface area contributed by atoms with Gasteiger partial charge in [-0.1, -0.05) is 20.8 Å². The van der Waals surface area contributed by atoms with Crippen LogP contribution in [-0.4, -0.2) is 17.2 Å². The molecule has 0 aliphatic heterocycles. The molecule has 0 radical (unpaired) electrons. The van der Waals surface area contributed by atoms with Crippen molar-refractivity contribution >= 4 is 0 Å². The maximum absolute atomic E-state index is 4.95. The van der Waals surface area contributed by atoms with Gasteiger partial charge in [0, 0.05) is 11.4 Å². The normalized spacial score (nSPS) is 8.75. The molecule has 70 valence electrons. The van der Waals surface area contributed by atoms with Gasteiger partial charge in [-0.3, -0.25) is 0 Å². The Balaban J connectivity index is 0.000000561. The third kappa shape index (κ3) is 2.53. The average Bonchev–Trinajstić information content (AvgIpc) is 2.49. The molecule has 1 rings (SSSR count). The van der Waals surface area contributed by atoms with Crippen LogP contribution in [0.15, 0.2) is 0 Å². The van der Waals surface area contributed by atoms with Gasteiger partial charge in [0.05, 0.1) is 7.11 Å². The van der Waals surface area contributed by atoms with Gasteiger partial charge in [-0.05, 0) is 0 Å². The Kier molecular flexibility index (Phi) is 5.08. The molecule has 0 amide bonds. The molecular formula is C8H18N3O+. The molecule has 0 aliphatic carbocycles. The van der Waals surface area contributed by atoms with E-state index in [-0.39, 0.29) is 0 Å². The van der Waals surface area contributed by atoms with Crippen LogP contribution >= 0.6 is 0 Å². The monoisotopic (exact) mass is 172 g/mol. The Hall–Kier alpha value is -1.06. The van der Waals surface area contributed by atoms with Crippen molar-refractivity contribution in [3.05, 3.63) is 5.82 Å². The SMILES string of the molecule is CC.CCc1nc(OC)[n+](C)[nH]1. The van der Waals surface area contributed by atoms with Crippen LogP contribution < -0.4 is 9.42 Å². The first-order chi connectivity index (χ1) is 5.77. The second kappa shape index (κ2) is 5.57. The van der Waals surface area contributed by atoms with Crippen molar-refractivity contribution in [1.82, 2.24) is 10.1 Å². The van der Waals surface area contributed by atoms with E-state index in [0.29, 0.717) is 6.01 Å². The van der Waals surface area contributed by atoms with Gasteiger partial charge in [0.25, 0.3) is 5.82 Å². The van der Waals surface area contributed by atoms with Crippen LogP contribution in [0.4, 0.5) is 0 Å². The molecular weight excluding hydrogens is 154 g/mol. The molecule has 12 heavy (non-hydrogen) atoms. The highest BCUT2D eigenvalue weighted by Gasteiger charge is 2.14. The topological polar surface area (TPSA) is 41.8 Å². The van der Waals surface area contributed by atoms with E-state index in [9.17, 15) is 0 Å². The van der Waals surface area contributed by atoms with Crippen molar-refractivity contribution in [3.63, 3.8) is 0 Å². The zero-order chi connectivity index (χ0) is 9.56. The molecule has 4 heteroatoms. The molecule has 1 aromatic rings. The molecule has 1 aromatic heterocycles. The van der Waals surface area contributed by atoms with Crippen molar-refractivity contribution < 1.29 is 9.42 Å². The van der Waals surface area contributed by atoms with E-state index in [0.717, 1.165) is 12.2 Å². The minimum absolute atomic E-state index is 0.622. The van der Waals surface area contributed by atoms with Gasteiger partial charge in [0.15, 0.2) is 0 Å². The molecule has 0 saturated carbocycles. The second-order valence-electron chi connectivity index (χ2n) is 2.07. The summed E-state index contributed by atoms with van der Waals surface area (Å²) in [5, 5.41) is 3.03. The number of rotatable bonds is 2. The molecule has 0 aliphatic rings. The summed E-state index contributed by atoms with van der Waals surface area (Å²) in [5.41, 5.74) is 0. The summed E-state index contributed by atoms with van der Waals surface area (Å²) in [6.07, 6.45) is 0.900. The maximum Gasteiger partial charge on any atom is 0.519 e. The molecule has 0 atom stereocenters. The van der Waals surface area contributed by atoms with Gasteiger partial charge in [-0.25, -0.2) is 0 Å². The zero-order valence-electron chi connectivity index (χ0n) is 8.51. The average molecular weight is 172 g/mol. The first-order valence-electron chi connectivity index (χ1n) is 4.26. The fourth-order valence-electron chi connectivity index (χ4n) is 0.798. The molecule has 0 saturated heterocycles. The molecule has 0 fully saturated rings. The van der Waals surface area contributed by atoms with E-state index < -0.39 is 0 Å². The van der Waals surface area contributed by atoms with Crippen LogP contribution in [0, 0.1) is 0 Å². The van der Waals surface area contributed by atoms with Crippen LogP contribution in [0.5, 0.6) is 6.01 Å². The fourth-order valence-corrected chi connectivity index (χ4v) is 0.798. The fraction of sp³-hybridized carbons (Fsp3) is 0.750. The Morgan fingerprint density at radius 3 is 2.33 bits per heavy atom. The Bertz CT molecular complexity index is 220. The Labute approximate surface area is 73.6 Å². The molecule has 0 unspecified atom stereocenters. The van der Waals surface area contributed by atoms with Gasteiger partial charge in [-0.2, -0.15) is 5.10 Å². The lowest BCUT2D eigenvalue weighted by atomic mass is 10.5. The van der Waals surface area contributed by atoms with E-state index >= 15 is 0 Å². The second-order valence-corrected chi connectivity index (χ2v) is 2.07. The smallest absolute Gasteiger partial charge is 0.430 e. The van der Waals surface area contributed by atoms with Crippen molar-refractivity contribution in [2.24, 2.45) is 7.05 Å². The Morgan fingerprint density at radius 1 is 1.50 bits per heavy atom. The third-order valence-electron chi connectivity index (χ3n) is 1.33. The van der Waals surface area contributed by atoms with Crippen molar-refractivity contribution in [2.75, 3.05) is 7.11 Å². The summed E-state index contributed by atoms with van der Waals surface area (Å²) >= 11 is 0. The Morgan fingerprint density at radius 2 is 2.08 bits per heavy atom. The van der Waals surface area contributed by atoms with E-state index in [4.69, 9.17) is 4.74 Å². The number of ether oxygens (including phenoxy) is 1. The van der Waals surface area contributed by atoms with Gasteiger partial charge in [-0.15, -0.1) is 4.68 Å². The number of aromatic amines is 1. The number of H-pyrrole nitrogens is 1. The van der Waals surface area contributed by atoms with Crippen LogP contribution in [0.25, 0.3) is 0 Å². The van der Waals surface area contributed by atoms with Gasteiger partial charge < -0.3 is 4.74 Å². The van der Waals surface area contributed by atoms with E-state index in [1.54, 1.807) is 11.8 Å². The van der Waals surface area contributed by atoms with Crippen LogP contribution in [-0.2, 0) is 13.5 Å². The van der Waals surface area contributed by atoms with Crippen LogP contribution in [0.2, 0.25) is 0 Å². The maximum atomic E-state index is 4.95. The largest absolute Gasteiger partial charge is 0.519 e. The highest BCUT2D eigenvalue weighted by Crippen LogP contribution is 1.96. The lowest BCUT2D eigenvalue weighted by Crippen LogP contribution is -2.31. The predicted octanol–water partition coefficient (Wildman–Crippen LogP) is 0.831. The van der Waals surface area contributed by atoms with Gasteiger partial charge >= 0.3 is 6.01 Å². The summed E-state index contributed by atoms with van der Waals surface area (Å²) < 4.78 is 6.70. The molecule has 0 bridgehead atoms. The standard InChI is InChI=1S/C6H11N3O.C2H6/c1-4-5-7-6(10-3)9(2)8-5;1-2/h4H2,1-3H3;1-2H3/p+1. The number of nitrogens with zero attached hydrogens (tertiary/aromatic N) is 2. The summed E-state index contributed by atoms with van der Waals surface area (Å²) in [7, 11) is 3.47. The number of methoxy groups -OCH3 is 1. The highest BCUT2D eigenvalue weighted by molar-refractivity contribution is 4.86. The summed E-state index contributed by atoms with van der Waals surface area (Å²) in [5.74, 6) is 0.944. The molecule has 4 nitrogen and oxygen atoms in total. The van der Waals surface area contributed by atoms with Crippen molar-refractivity contribution in [1.29, 1.82) is 0 Å². The molecule has 0 spiro atoms. The lowest BCUT2D eigenvalue weighted by molar-refractivity contribution is -0.732. The van der Waals surface area contributed by atoms with Crippen molar-refractivity contribution in [3.8, 4) is 6.01 Å². The van der Waals surface area contributed by atoms with E-state index in [1.165, 1.54) is 0 Å². The minimum atomic E-state index is 0.622. The van der Waals surface area contributed by atoms with Crippen molar-refractivity contribution in [2.45, 2.75) is 27.2 Å². The van der Waals surface area contributed by atoms with Crippen LogP contribution in [0.1, 0.15) is 26.6 Å². The van der Waals surface area contributed by atoms with Gasteiger partial charge in [0.2, 0.25) is 0 Å². The highest BCUT2D eigenvalue weighted by atomic mass is 16.5. The number of aryl methyl sites for hydroxylation is 2. The van der Waals surface area contributed by atoms with Gasteiger partial charge in [0.1, 0.15) is 7.05 Å². The summed E-state index contributed by atoms with van der Waals surface area (Å²) in [6.45, 7) is 6.04. The summed E-state index contributed by atoms with van der Waals surface area (Å²) in [6, 6.07) is 0.622. The quantitative estimate of drug-likeness (QED) is 0.671. The first-order valence-corrected chi connectivity index (χ1v) is 4.26. The van der Waals surface area contributed by atoms with E-state index in [2.05, 4.69) is 10.1 Å². The summed E-state index contributed by atoms with van der Waals surface area (Å²) in [4.78, 5) is 4.13. The number of nitrogens with one attached hydrogen (secondary N) is 1. The van der Waals surface area contributed by atoms with Crippen LogP contribution in [0.3, 0.4) is 0 Å². The third-order valence-corrected chi connectivity index (χ3v) is 1.33. The molecule has 1 heterocycles. The van der Waals surface area contributed by atoms with E-state index in [1.807, 2.05) is 27.8 Å². The molecule has 1 N–H and O–H groups in total.